The van der Waals surface area contributed by atoms with Crippen molar-refractivity contribution in [3.63, 3.8) is 0 Å². The molecule has 0 radical (unpaired) electrons. The van der Waals surface area contributed by atoms with Crippen molar-refractivity contribution >= 4 is 12.0 Å². The molecule has 1 aliphatic heterocycles. The second-order valence-electron chi connectivity index (χ2n) is 4.41. The summed E-state index contributed by atoms with van der Waals surface area (Å²) in [5.41, 5.74) is 7.35. The highest BCUT2D eigenvalue weighted by atomic mass is 16.4. The van der Waals surface area contributed by atoms with E-state index in [-0.39, 0.29) is 12.6 Å². The first-order valence-corrected chi connectivity index (χ1v) is 6.02. The van der Waals surface area contributed by atoms with E-state index in [1.807, 2.05) is 12.1 Å². The Morgan fingerprint density at radius 3 is 3.11 bits per heavy atom. The Morgan fingerprint density at radius 2 is 2.37 bits per heavy atom. The van der Waals surface area contributed by atoms with Gasteiger partial charge in [0.2, 0.25) is 0 Å². The minimum Gasteiger partial charge on any atom is -0.480 e. The molecule has 7 nitrogen and oxygen atoms in total. The van der Waals surface area contributed by atoms with Crippen LogP contribution >= 0.6 is 0 Å². The quantitative estimate of drug-likeness (QED) is 0.686. The third-order valence-electron chi connectivity index (χ3n) is 3.05. The number of fused-ring (bicyclic) bond motifs is 1. The lowest BCUT2D eigenvalue weighted by Crippen LogP contribution is -2.48. The van der Waals surface area contributed by atoms with E-state index in [4.69, 9.17) is 10.8 Å². The van der Waals surface area contributed by atoms with Crippen LogP contribution in [0.2, 0.25) is 0 Å². The minimum atomic E-state index is -1.13. The van der Waals surface area contributed by atoms with E-state index in [1.165, 1.54) is 0 Å². The maximum absolute atomic E-state index is 11.9. The summed E-state index contributed by atoms with van der Waals surface area (Å²) in [7, 11) is 0. The van der Waals surface area contributed by atoms with Gasteiger partial charge in [0.1, 0.15) is 6.04 Å². The number of hydrogen-bond donors (Lipinski definition) is 3. The molecule has 1 aromatic heterocycles. The molecular formula is C12H16N4O3. The predicted octanol–water partition coefficient (Wildman–Crippen LogP) is -0.439. The number of carbonyl (C=O) groups excluding carboxylic acids is 1. The second-order valence-corrected chi connectivity index (χ2v) is 4.41. The van der Waals surface area contributed by atoms with Crippen LogP contribution in [0.4, 0.5) is 4.79 Å². The fraction of sp³-hybridized carbons (Fsp3) is 0.417. The normalized spacial score (nSPS) is 15.5. The molecule has 2 heterocycles. The Morgan fingerprint density at radius 1 is 1.58 bits per heavy atom. The smallest absolute Gasteiger partial charge is 0.322 e. The fourth-order valence-corrected chi connectivity index (χ4v) is 1.93. The molecule has 1 atom stereocenters. The lowest BCUT2D eigenvalue weighted by Gasteiger charge is -2.28. The number of nitrogens with two attached hydrogens (primary N) is 1. The molecule has 4 N–H and O–H groups in total. The van der Waals surface area contributed by atoms with Crippen molar-refractivity contribution in [3.05, 3.63) is 29.6 Å². The molecule has 0 aromatic carbocycles. The average molecular weight is 264 g/mol. The van der Waals surface area contributed by atoms with Gasteiger partial charge in [-0.1, -0.05) is 6.07 Å². The maximum atomic E-state index is 11.9. The van der Waals surface area contributed by atoms with Crippen molar-refractivity contribution in [1.82, 2.24) is 15.2 Å². The van der Waals surface area contributed by atoms with Crippen LogP contribution in [0.5, 0.6) is 0 Å². The lowest BCUT2D eigenvalue weighted by molar-refractivity contribution is -0.138. The number of aromatic nitrogens is 1. The molecule has 2 rings (SSSR count). The molecule has 1 aromatic rings. The van der Waals surface area contributed by atoms with Gasteiger partial charge < -0.3 is 21.1 Å². The summed E-state index contributed by atoms with van der Waals surface area (Å²) in [5.74, 6) is -1.13. The minimum absolute atomic E-state index is 0.0836. The van der Waals surface area contributed by atoms with Crippen LogP contribution in [0.15, 0.2) is 18.3 Å². The highest BCUT2D eigenvalue weighted by Gasteiger charge is 2.22. The van der Waals surface area contributed by atoms with Crippen LogP contribution in [0.25, 0.3) is 0 Å². The van der Waals surface area contributed by atoms with Crippen molar-refractivity contribution in [2.75, 3.05) is 13.1 Å². The molecular weight excluding hydrogens is 248 g/mol. The van der Waals surface area contributed by atoms with E-state index in [0.717, 1.165) is 17.7 Å². The van der Waals surface area contributed by atoms with Crippen LogP contribution in [-0.4, -0.2) is 46.1 Å². The Bertz CT molecular complexity index is 492. The number of carboxylic acid groups (broad SMARTS) is 1. The summed E-state index contributed by atoms with van der Waals surface area (Å²) in [5, 5.41) is 11.2. The predicted molar refractivity (Wildman–Crippen MR) is 67.4 cm³/mol. The number of rotatable bonds is 3. The lowest BCUT2D eigenvalue weighted by atomic mass is 10.1. The Kier molecular flexibility index (Phi) is 3.96. The number of carbonyl (C=O) groups is 2. The number of carboxylic acids is 1. The van der Waals surface area contributed by atoms with Gasteiger partial charge in [0.15, 0.2) is 0 Å². The average Bonchev–Trinajstić information content (AvgIpc) is 2.43. The summed E-state index contributed by atoms with van der Waals surface area (Å²) in [6, 6.07) is 2.48. The third-order valence-corrected chi connectivity index (χ3v) is 3.05. The molecule has 2 amide bonds. The largest absolute Gasteiger partial charge is 0.480 e. The number of nitrogens with zero attached hydrogens (tertiary/aromatic N) is 2. The molecule has 0 bridgehead atoms. The molecule has 7 heteroatoms. The summed E-state index contributed by atoms with van der Waals surface area (Å²) in [4.78, 5) is 28.3. The zero-order valence-corrected chi connectivity index (χ0v) is 10.4. The summed E-state index contributed by atoms with van der Waals surface area (Å²) >= 11 is 0. The van der Waals surface area contributed by atoms with E-state index in [1.54, 1.807) is 11.1 Å². The van der Waals surface area contributed by atoms with E-state index in [2.05, 4.69) is 10.3 Å². The van der Waals surface area contributed by atoms with Gasteiger partial charge in [-0.2, -0.15) is 0 Å². The van der Waals surface area contributed by atoms with Gasteiger partial charge in [-0.05, 0) is 18.1 Å². The van der Waals surface area contributed by atoms with Crippen LogP contribution in [0.1, 0.15) is 11.3 Å². The van der Waals surface area contributed by atoms with Gasteiger partial charge in [-0.3, -0.25) is 9.78 Å². The Hall–Kier alpha value is -2.15. The van der Waals surface area contributed by atoms with Crippen molar-refractivity contribution in [2.45, 2.75) is 19.0 Å². The zero-order chi connectivity index (χ0) is 13.8. The summed E-state index contributed by atoms with van der Waals surface area (Å²) in [6.07, 6.45) is 2.45. The first-order chi connectivity index (χ1) is 9.08. The highest BCUT2D eigenvalue weighted by Crippen LogP contribution is 2.15. The number of hydrogen-bond acceptors (Lipinski definition) is 4. The monoisotopic (exact) mass is 264 g/mol. The molecule has 1 aliphatic rings. The highest BCUT2D eigenvalue weighted by molar-refractivity contribution is 5.77. The van der Waals surface area contributed by atoms with Crippen LogP contribution < -0.4 is 11.1 Å². The van der Waals surface area contributed by atoms with Gasteiger partial charge in [-0.25, -0.2) is 4.79 Å². The van der Waals surface area contributed by atoms with Crippen molar-refractivity contribution in [3.8, 4) is 0 Å². The molecule has 102 valence electrons. The number of aliphatic carboxylic acids is 1. The molecule has 0 saturated carbocycles. The SMILES string of the molecule is N[C@@H](CNC(=O)N1CCc2cccnc2C1)C(=O)O. The maximum Gasteiger partial charge on any atom is 0.322 e. The van der Waals surface area contributed by atoms with Gasteiger partial charge in [0.05, 0.1) is 12.2 Å². The second kappa shape index (κ2) is 5.66. The van der Waals surface area contributed by atoms with Gasteiger partial charge in [-0.15, -0.1) is 0 Å². The summed E-state index contributed by atoms with van der Waals surface area (Å²) < 4.78 is 0. The van der Waals surface area contributed by atoms with Crippen LogP contribution in [0.3, 0.4) is 0 Å². The molecule has 0 fully saturated rings. The van der Waals surface area contributed by atoms with Crippen molar-refractivity contribution in [2.24, 2.45) is 5.73 Å². The number of nitrogens with one attached hydrogen (secondary N) is 1. The Balaban J connectivity index is 1.90. The molecule has 0 saturated heterocycles. The number of amides is 2. The first kappa shape index (κ1) is 13.3. The van der Waals surface area contributed by atoms with Gasteiger partial charge in [0, 0.05) is 19.3 Å². The molecule has 19 heavy (non-hydrogen) atoms. The van der Waals surface area contributed by atoms with Crippen LogP contribution in [0, 0.1) is 0 Å². The fourth-order valence-electron chi connectivity index (χ4n) is 1.93. The van der Waals surface area contributed by atoms with E-state index in [0.29, 0.717) is 13.1 Å². The van der Waals surface area contributed by atoms with Gasteiger partial charge >= 0.3 is 12.0 Å². The molecule has 0 unspecified atom stereocenters. The standard InChI is InChI=1S/C12H16N4O3/c13-9(11(17)18)6-15-12(19)16-5-3-8-2-1-4-14-10(8)7-16/h1-2,4,9H,3,5-7,13H2,(H,15,19)(H,17,18)/t9-/m0/s1. The van der Waals surface area contributed by atoms with Crippen molar-refractivity contribution in [1.29, 1.82) is 0 Å². The zero-order valence-electron chi connectivity index (χ0n) is 10.4. The Labute approximate surface area is 110 Å². The van der Waals surface area contributed by atoms with E-state index < -0.39 is 12.0 Å². The van der Waals surface area contributed by atoms with E-state index >= 15 is 0 Å². The number of urea groups is 1. The van der Waals surface area contributed by atoms with E-state index in [9.17, 15) is 9.59 Å². The number of pyridine rings is 1. The molecule has 0 aliphatic carbocycles. The topological polar surface area (TPSA) is 109 Å². The summed E-state index contributed by atoms with van der Waals surface area (Å²) in [6.45, 7) is 0.941. The van der Waals surface area contributed by atoms with Crippen molar-refractivity contribution < 1.29 is 14.7 Å². The first-order valence-electron chi connectivity index (χ1n) is 6.02. The van der Waals surface area contributed by atoms with Gasteiger partial charge in [0.25, 0.3) is 0 Å². The molecule has 0 spiro atoms. The van der Waals surface area contributed by atoms with Crippen LogP contribution in [-0.2, 0) is 17.8 Å². The third kappa shape index (κ3) is 3.19.